The van der Waals surface area contributed by atoms with Gasteiger partial charge in [-0.15, -0.1) is 11.3 Å². The molecule has 0 saturated heterocycles. The molecule has 1 heterocycles. The van der Waals surface area contributed by atoms with Gasteiger partial charge in [-0.3, -0.25) is 0 Å². The Bertz CT molecular complexity index is 270. The number of hydrogen-bond acceptors (Lipinski definition) is 2. The molecular formula is C11H19NS. The Hall–Kier alpha value is -0.370. The molecule has 0 aliphatic rings. The van der Waals surface area contributed by atoms with Crippen molar-refractivity contribution in [2.75, 3.05) is 0 Å². The van der Waals surface area contributed by atoms with Crippen molar-refractivity contribution < 1.29 is 0 Å². The van der Waals surface area contributed by atoms with Crippen LogP contribution in [0.5, 0.6) is 0 Å². The maximum atomic E-state index is 4.47. The second kappa shape index (κ2) is 3.79. The zero-order valence-corrected chi connectivity index (χ0v) is 10.0. The van der Waals surface area contributed by atoms with Crippen LogP contribution in [-0.2, 0) is 5.41 Å². The van der Waals surface area contributed by atoms with Gasteiger partial charge in [0.25, 0.3) is 0 Å². The smallest absolute Gasteiger partial charge is 0.0981 e. The molecule has 0 radical (unpaired) electrons. The van der Waals surface area contributed by atoms with Gasteiger partial charge in [-0.2, -0.15) is 0 Å². The zero-order valence-electron chi connectivity index (χ0n) is 9.22. The predicted octanol–water partition coefficient (Wildman–Crippen LogP) is 3.95. The van der Waals surface area contributed by atoms with Crippen LogP contribution in [0, 0.1) is 0 Å². The van der Waals surface area contributed by atoms with Crippen molar-refractivity contribution in [3.8, 4) is 0 Å². The molecule has 0 N–H and O–H groups in total. The van der Waals surface area contributed by atoms with Crippen molar-refractivity contribution in [2.45, 2.75) is 52.4 Å². The van der Waals surface area contributed by atoms with E-state index in [2.05, 4.69) is 39.6 Å². The minimum absolute atomic E-state index is 0.205. The van der Waals surface area contributed by atoms with Crippen LogP contribution < -0.4 is 0 Å². The molecule has 1 unspecified atom stereocenters. The van der Waals surface area contributed by atoms with Crippen molar-refractivity contribution in [3.05, 3.63) is 16.1 Å². The summed E-state index contributed by atoms with van der Waals surface area (Å²) in [4.78, 5) is 5.90. The Morgan fingerprint density at radius 2 is 2.08 bits per heavy atom. The fourth-order valence-electron chi connectivity index (χ4n) is 1.06. The maximum Gasteiger partial charge on any atom is 0.0981 e. The molecular weight excluding hydrogens is 178 g/mol. The van der Waals surface area contributed by atoms with E-state index in [1.165, 1.54) is 16.3 Å². The van der Waals surface area contributed by atoms with E-state index in [1.54, 1.807) is 0 Å². The molecule has 0 aliphatic carbocycles. The number of hydrogen-bond donors (Lipinski definition) is 0. The molecule has 1 nitrogen and oxygen atoms in total. The molecule has 0 aromatic carbocycles. The van der Waals surface area contributed by atoms with Crippen LogP contribution in [-0.4, -0.2) is 4.98 Å². The Kier molecular flexibility index (Phi) is 3.12. The maximum absolute atomic E-state index is 4.47. The van der Waals surface area contributed by atoms with Crippen LogP contribution in [0.25, 0.3) is 0 Å². The molecule has 0 amide bonds. The first-order valence-corrected chi connectivity index (χ1v) is 5.73. The molecule has 0 saturated carbocycles. The summed E-state index contributed by atoms with van der Waals surface area (Å²) < 4.78 is 0. The van der Waals surface area contributed by atoms with Crippen LogP contribution in [0.4, 0.5) is 0 Å². The van der Waals surface area contributed by atoms with Crippen molar-refractivity contribution in [3.63, 3.8) is 0 Å². The molecule has 1 rings (SSSR count). The minimum Gasteiger partial charge on any atom is -0.249 e. The van der Waals surface area contributed by atoms with Gasteiger partial charge in [-0.05, 0) is 12.3 Å². The normalized spacial score (nSPS) is 14.5. The van der Waals surface area contributed by atoms with Crippen molar-refractivity contribution in [1.82, 2.24) is 4.98 Å². The molecule has 0 fully saturated rings. The molecule has 2 heteroatoms. The summed E-state index contributed by atoms with van der Waals surface area (Å²) in [5.74, 6) is 0.661. The second-order valence-corrected chi connectivity index (χ2v) is 5.69. The van der Waals surface area contributed by atoms with E-state index in [4.69, 9.17) is 0 Å². The summed E-state index contributed by atoms with van der Waals surface area (Å²) in [6, 6.07) is 0. The monoisotopic (exact) mass is 197 g/mol. The van der Waals surface area contributed by atoms with Crippen molar-refractivity contribution >= 4 is 11.3 Å². The molecule has 0 aliphatic heterocycles. The van der Waals surface area contributed by atoms with Gasteiger partial charge in [-0.25, -0.2) is 4.98 Å². The number of rotatable bonds is 2. The molecule has 74 valence electrons. The van der Waals surface area contributed by atoms with Gasteiger partial charge in [0.1, 0.15) is 0 Å². The summed E-state index contributed by atoms with van der Waals surface area (Å²) in [5.41, 5.74) is 0.205. The summed E-state index contributed by atoms with van der Waals surface area (Å²) in [6.07, 6.45) is 3.24. The minimum atomic E-state index is 0.205. The van der Waals surface area contributed by atoms with Gasteiger partial charge in [0.05, 0.1) is 5.01 Å². The lowest BCUT2D eigenvalue weighted by molar-refractivity contribution is 0.585. The largest absolute Gasteiger partial charge is 0.249 e. The van der Waals surface area contributed by atoms with Gasteiger partial charge in [0, 0.05) is 16.5 Å². The molecule has 13 heavy (non-hydrogen) atoms. The van der Waals surface area contributed by atoms with Crippen LogP contribution in [0.15, 0.2) is 6.20 Å². The first-order valence-electron chi connectivity index (χ1n) is 4.91. The van der Waals surface area contributed by atoms with Gasteiger partial charge >= 0.3 is 0 Å². The molecule has 1 aromatic heterocycles. The summed E-state index contributed by atoms with van der Waals surface area (Å²) in [6.45, 7) is 11.1. The molecule has 0 bridgehead atoms. The average molecular weight is 197 g/mol. The third kappa shape index (κ3) is 2.53. The Balaban J connectivity index is 2.87. The Morgan fingerprint density at radius 1 is 1.46 bits per heavy atom. The topological polar surface area (TPSA) is 12.9 Å². The van der Waals surface area contributed by atoms with Crippen LogP contribution in [0.3, 0.4) is 0 Å². The van der Waals surface area contributed by atoms with E-state index < -0.39 is 0 Å². The lowest BCUT2D eigenvalue weighted by Gasteiger charge is -2.13. The summed E-state index contributed by atoms with van der Waals surface area (Å²) >= 11 is 1.86. The molecule has 0 spiro atoms. The van der Waals surface area contributed by atoms with Gasteiger partial charge in [-0.1, -0.05) is 34.6 Å². The quantitative estimate of drug-likeness (QED) is 0.699. The third-order valence-electron chi connectivity index (χ3n) is 2.26. The van der Waals surface area contributed by atoms with Gasteiger partial charge in [0.15, 0.2) is 0 Å². The van der Waals surface area contributed by atoms with Gasteiger partial charge < -0.3 is 0 Å². The summed E-state index contributed by atoms with van der Waals surface area (Å²) in [7, 11) is 0. The Labute approximate surface area is 85.2 Å². The lowest BCUT2D eigenvalue weighted by Crippen LogP contribution is -2.09. The number of thiazole rings is 1. The fourth-order valence-corrected chi connectivity index (χ4v) is 2.17. The number of aromatic nitrogens is 1. The van der Waals surface area contributed by atoms with Crippen molar-refractivity contribution in [1.29, 1.82) is 0 Å². The standard InChI is InChI=1S/C11H19NS/c1-6-8(2)9-7-12-10(13-9)11(3,4)5/h7-8H,6H2,1-5H3. The van der Waals surface area contributed by atoms with E-state index >= 15 is 0 Å². The predicted molar refractivity (Wildman–Crippen MR) is 59.5 cm³/mol. The SMILES string of the molecule is CCC(C)c1cnc(C(C)(C)C)s1. The highest BCUT2D eigenvalue weighted by molar-refractivity contribution is 7.11. The first kappa shape index (κ1) is 10.7. The molecule has 1 aromatic rings. The zero-order chi connectivity index (χ0) is 10.1. The average Bonchev–Trinajstić information content (AvgIpc) is 2.50. The fraction of sp³-hybridized carbons (Fsp3) is 0.727. The van der Waals surface area contributed by atoms with E-state index in [0.29, 0.717) is 5.92 Å². The van der Waals surface area contributed by atoms with E-state index in [9.17, 15) is 0 Å². The summed E-state index contributed by atoms with van der Waals surface area (Å²) in [5, 5.41) is 1.25. The van der Waals surface area contributed by atoms with E-state index in [0.717, 1.165) is 0 Å². The Morgan fingerprint density at radius 3 is 2.46 bits per heavy atom. The second-order valence-electron chi connectivity index (χ2n) is 4.63. The molecule has 1 atom stereocenters. The highest BCUT2D eigenvalue weighted by Gasteiger charge is 2.19. The van der Waals surface area contributed by atoms with Crippen LogP contribution >= 0.6 is 11.3 Å². The van der Waals surface area contributed by atoms with E-state index in [1.807, 2.05) is 17.5 Å². The first-order chi connectivity index (χ1) is 5.95. The third-order valence-corrected chi connectivity index (χ3v) is 3.92. The van der Waals surface area contributed by atoms with Crippen LogP contribution in [0.2, 0.25) is 0 Å². The van der Waals surface area contributed by atoms with Gasteiger partial charge in [0.2, 0.25) is 0 Å². The van der Waals surface area contributed by atoms with E-state index in [-0.39, 0.29) is 5.41 Å². The highest BCUT2D eigenvalue weighted by atomic mass is 32.1. The highest BCUT2D eigenvalue weighted by Crippen LogP contribution is 2.31. The number of nitrogens with zero attached hydrogens (tertiary/aromatic N) is 1. The van der Waals surface area contributed by atoms with Crippen LogP contribution in [0.1, 0.15) is 56.8 Å². The lowest BCUT2D eigenvalue weighted by atomic mass is 9.98. The van der Waals surface area contributed by atoms with Crippen molar-refractivity contribution in [2.24, 2.45) is 0 Å².